The predicted octanol–water partition coefficient (Wildman–Crippen LogP) is 0.554. The quantitative estimate of drug-likeness (QED) is 0.810. The minimum atomic E-state index is -0.772. The monoisotopic (exact) mass is 304 g/mol. The molecule has 1 fully saturated rings. The Morgan fingerprint density at radius 1 is 1.05 bits per heavy atom. The van der Waals surface area contributed by atoms with E-state index in [4.69, 9.17) is 0 Å². The molecular weight excluding hydrogens is 284 g/mol. The lowest BCUT2D eigenvalue weighted by molar-refractivity contribution is -0.129. The third kappa shape index (κ3) is 3.71. The molecule has 0 radical (unpaired) electrons. The average Bonchev–Trinajstić information content (AvgIpc) is 2.68. The van der Waals surface area contributed by atoms with E-state index in [0.717, 1.165) is 0 Å². The number of hydrogen-bond donors (Lipinski definition) is 1. The predicted molar refractivity (Wildman–Crippen MR) is 80.6 cm³/mol. The third-order valence-electron chi connectivity index (χ3n) is 3.75. The zero-order valence-corrected chi connectivity index (χ0v) is 12.8. The topological polar surface area (TPSA) is 77.9 Å². The standard InChI is InChI=1S/C16H20N2O4/c1-11(19)13-4-3-5-14(8-13)16(22)18-7-6-17(12(2)20)9-15(21)10-18/h3-5,8,15,21H,6-7,9-10H2,1-2H3/t15-/m0/s1. The number of nitrogens with zero attached hydrogens (tertiary/aromatic N) is 2. The Hall–Kier alpha value is -2.21. The molecule has 1 aromatic rings. The molecule has 1 aromatic carbocycles. The summed E-state index contributed by atoms with van der Waals surface area (Å²) in [6.07, 6.45) is -0.772. The van der Waals surface area contributed by atoms with Gasteiger partial charge in [-0.05, 0) is 19.1 Å². The maximum Gasteiger partial charge on any atom is 0.254 e. The molecule has 1 saturated heterocycles. The first-order valence-corrected chi connectivity index (χ1v) is 7.22. The molecular formula is C16H20N2O4. The first kappa shape index (κ1) is 16.2. The first-order valence-electron chi connectivity index (χ1n) is 7.22. The summed E-state index contributed by atoms with van der Waals surface area (Å²) in [4.78, 5) is 38.5. The zero-order chi connectivity index (χ0) is 16.3. The van der Waals surface area contributed by atoms with Gasteiger partial charge in [0.25, 0.3) is 5.91 Å². The Morgan fingerprint density at radius 2 is 1.64 bits per heavy atom. The number of aliphatic hydroxyl groups is 1. The van der Waals surface area contributed by atoms with Gasteiger partial charge in [0.05, 0.1) is 6.10 Å². The summed E-state index contributed by atoms with van der Waals surface area (Å²) in [6.45, 7) is 4.05. The molecule has 0 aromatic heterocycles. The molecule has 2 rings (SSSR count). The minimum Gasteiger partial charge on any atom is -0.389 e. The average molecular weight is 304 g/mol. The molecule has 6 nitrogen and oxygen atoms in total. The number of ketones is 1. The summed E-state index contributed by atoms with van der Waals surface area (Å²) < 4.78 is 0. The first-order chi connectivity index (χ1) is 10.4. The Labute approximate surface area is 129 Å². The minimum absolute atomic E-state index is 0.103. The second kappa shape index (κ2) is 6.70. The van der Waals surface area contributed by atoms with Crippen molar-refractivity contribution in [1.82, 2.24) is 9.80 Å². The fourth-order valence-electron chi connectivity index (χ4n) is 2.51. The summed E-state index contributed by atoms with van der Waals surface area (Å²) in [7, 11) is 0. The van der Waals surface area contributed by atoms with Crippen molar-refractivity contribution in [2.24, 2.45) is 0 Å². The molecule has 0 unspecified atom stereocenters. The van der Waals surface area contributed by atoms with Crippen LogP contribution in [0.25, 0.3) is 0 Å². The molecule has 1 atom stereocenters. The van der Waals surface area contributed by atoms with Crippen LogP contribution in [0.5, 0.6) is 0 Å². The van der Waals surface area contributed by atoms with Crippen LogP contribution in [0.4, 0.5) is 0 Å². The fraction of sp³-hybridized carbons (Fsp3) is 0.438. The molecule has 0 aliphatic carbocycles. The van der Waals surface area contributed by atoms with Crippen LogP contribution >= 0.6 is 0 Å². The number of amides is 2. The van der Waals surface area contributed by atoms with E-state index < -0.39 is 6.10 Å². The fourth-order valence-corrected chi connectivity index (χ4v) is 2.51. The van der Waals surface area contributed by atoms with E-state index in [1.165, 1.54) is 23.6 Å². The number of rotatable bonds is 2. The number of β-amino-alcohol motifs (C(OH)–C–C–N with tert-alkyl or cyclic N) is 1. The van der Waals surface area contributed by atoms with Gasteiger partial charge in [0, 0.05) is 44.2 Å². The number of carbonyl (C=O) groups is 3. The van der Waals surface area contributed by atoms with Crippen molar-refractivity contribution >= 4 is 17.6 Å². The van der Waals surface area contributed by atoms with Gasteiger partial charge in [-0.25, -0.2) is 0 Å². The van der Waals surface area contributed by atoms with Crippen LogP contribution in [0, 0.1) is 0 Å². The number of hydrogen-bond acceptors (Lipinski definition) is 4. The van der Waals surface area contributed by atoms with Gasteiger partial charge in [-0.15, -0.1) is 0 Å². The van der Waals surface area contributed by atoms with Crippen molar-refractivity contribution < 1.29 is 19.5 Å². The van der Waals surface area contributed by atoms with Gasteiger partial charge in [0.15, 0.2) is 5.78 Å². The van der Waals surface area contributed by atoms with Crippen LogP contribution < -0.4 is 0 Å². The van der Waals surface area contributed by atoms with E-state index in [1.54, 1.807) is 24.3 Å². The van der Waals surface area contributed by atoms with Crippen LogP contribution in [-0.2, 0) is 4.79 Å². The van der Waals surface area contributed by atoms with Gasteiger partial charge in [0.2, 0.25) is 5.91 Å². The second-order valence-corrected chi connectivity index (χ2v) is 5.51. The van der Waals surface area contributed by atoms with E-state index in [2.05, 4.69) is 0 Å². The van der Waals surface area contributed by atoms with E-state index in [-0.39, 0.29) is 30.7 Å². The number of Topliss-reactive ketones (excluding diaryl/α,β-unsaturated/α-hetero) is 1. The van der Waals surface area contributed by atoms with Crippen molar-refractivity contribution in [3.8, 4) is 0 Å². The molecule has 1 N–H and O–H groups in total. The highest BCUT2D eigenvalue weighted by molar-refractivity contribution is 5.99. The van der Waals surface area contributed by atoms with Crippen molar-refractivity contribution in [1.29, 1.82) is 0 Å². The van der Waals surface area contributed by atoms with Gasteiger partial charge < -0.3 is 14.9 Å². The van der Waals surface area contributed by atoms with Gasteiger partial charge in [-0.2, -0.15) is 0 Å². The molecule has 2 amide bonds. The largest absolute Gasteiger partial charge is 0.389 e. The normalized spacial score (nSPS) is 18.8. The molecule has 1 aliphatic rings. The molecule has 118 valence electrons. The SMILES string of the molecule is CC(=O)c1cccc(C(=O)N2CCN(C(C)=O)C[C@H](O)C2)c1. The molecule has 1 aliphatic heterocycles. The molecule has 6 heteroatoms. The maximum atomic E-state index is 12.5. The lowest BCUT2D eigenvalue weighted by atomic mass is 10.1. The summed E-state index contributed by atoms with van der Waals surface area (Å²) in [6, 6.07) is 6.54. The maximum absolute atomic E-state index is 12.5. The van der Waals surface area contributed by atoms with Gasteiger partial charge >= 0.3 is 0 Å². The van der Waals surface area contributed by atoms with Gasteiger partial charge in [-0.3, -0.25) is 14.4 Å². The van der Waals surface area contributed by atoms with Crippen molar-refractivity contribution in [2.75, 3.05) is 26.2 Å². The summed E-state index contributed by atoms with van der Waals surface area (Å²) in [5.74, 6) is -0.465. The van der Waals surface area contributed by atoms with E-state index >= 15 is 0 Å². The summed E-state index contributed by atoms with van der Waals surface area (Å²) in [5.41, 5.74) is 0.891. The lowest BCUT2D eigenvalue weighted by Crippen LogP contribution is -2.37. The van der Waals surface area contributed by atoms with E-state index in [0.29, 0.717) is 24.2 Å². The van der Waals surface area contributed by atoms with Crippen molar-refractivity contribution in [3.63, 3.8) is 0 Å². The highest BCUT2D eigenvalue weighted by Gasteiger charge is 2.26. The molecule has 22 heavy (non-hydrogen) atoms. The molecule has 0 spiro atoms. The van der Waals surface area contributed by atoms with Crippen molar-refractivity contribution in [2.45, 2.75) is 20.0 Å². The number of benzene rings is 1. The van der Waals surface area contributed by atoms with Crippen LogP contribution in [0.3, 0.4) is 0 Å². The van der Waals surface area contributed by atoms with Gasteiger partial charge in [0.1, 0.15) is 0 Å². The Bertz CT molecular complexity index is 600. The lowest BCUT2D eigenvalue weighted by Gasteiger charge is -2.21. The summed E-state index contributed by atoms with van der Waals surface area (Å²) in [5, 5.41) is 9.98. The molecule has 0 saturated carbocycles. The number of aliphatic hydroxyl groups excluding tert-OH is 1. The van der Waals surface area contributed by atoms with E-state index in [9.17, 15) is 19.5 Å². The molecule has 0 bridgehead atoms. The Balaban J connectivity index is 2.17. The highest BCUT2D eigenvalue weighted by Crippen LogP contribution is 2.12. The second-order valence-electron chi connectivity index (χ2n) is 5.51. The Morgan fingerprint density at radius 3 is 2.27 bits per heavy atom. The van der Waals surface area contributed by atoms with Crippen LogP contribution in [-0.4, -0.2) is 64.8 Å². The smallest absolute Gasteiger partial charge is 0.254 e. The highest BCUT2D eigenvalue weighted by atomic mass is 16.3. The van der Waals surface area contributed by atoms with Crippen LogP contribution in [0.1, 0.15) is 34.6 Å². The third-order valence-corrected chi connectivity index (χ3v) is 3.75. The Kier molecular flexibility index (Phi) is 4.92. The van der Waals surface area contributed by atoms with Crippen LogP contribution in [0.2, 0.25) is 0 Å². The van der Waals surface area contributed by atoms with Crippen LogP contribution in [0.15, 0.2) is 24.3 Å². The zero-order valence-electron chi connectivity index (χ0n) is 12.8. The van der Waals surface area contributed by atoms with Crippen molar-refractivity contribution in [3.05, 3.63) is 35.4 Å². The van der Waals surface area contributed by atoms with E-state index in [1.807, 2.05) is 0 Å². The van der Waals surface area contributed by atoms with Gasteiger partial charge in [-0.1, -0.05) is 12.1 Å². The number of carbonyl (C=O) groups excluding carboxylic acids is 3. The molecule has 1 heterocycles. The summed E-state index contributed by atoms with van der Waals surface area (Å²) >= 11 is 0.